The second kappa shape index (κ2) is 5.53. The van der Waals surface area contributed by atoms with Crippen LogP contribution in [0, 0.1) is 0 Å². The number of carboxylic acid groups (broad SMARTS) is 1. The minimum absolute atomic E-state index is 0.0266. The Morgan fingerprint density at radius 1 is 1.17 bits per heavy atom. The van der Waals surface area contributed by atoms with E-state index in [2.05, 4.69) is 4.74 Å². The Hall–Kier alpha value is -2.04. The molecule has 0 heterocycles. The fraction of sp³-hybridized carbons (Fsp3) is 0.385. The lowest BCUT2D eigenvalue weighted by molar-refractivity contribution is 0.0597. The highest BCUT2D eigenvalue weighted by Crippen LogP contribution is 2.29. The number of aromatic carboxylic acids is 1. The molecule has 0 amide bonds. The molecule has 0 fully saturated rings. The van der Waals surface area contributed by atoms with Crippen molar-refractivity contribution in [2.24, 2.45) is 0 Å². The summed E-state index contributed by atoms with van der Waals surface area (Å²) in [5, 5.41) is 9.15. The molecule has 1 rings (SSSR count). The number of carboxylic acids is 1. The van der Waals surface area contributed by atoms with E-state index in [1.54, 1.807) is 6.07 Å². The summed E-state index contributed by atoms with van der Waals surface area (Å²) < 4.78 is 9.65. The maximum Gasteiger partial charge on any atom is 0.341 e. The molecule has 0 saturated carbocycles. The normalized spacial score (nSPS) is 10.3. The number of carbonyl (C=O) groups is 2. The van der Waals surface area contributed by atoms with Crippen LogP contribution in [-0.4, -0.2) is 31.3 Å². The van der Waals surface area contributed by atoms with E-state index in [0.717, 1.165) is 5.56 Å². The molecule has 0 unspecified atom stereocenters. The summed E-state index contributed by atoms with van der Waals surface area (Å²) in [6.07, 6.45) is 0. The molecule has 0 spiro atoms. The molecule has 5 heteroatoms. The standard InChI is InChI=1S/C13H16O5/c1-7(2)8-5-9(12(14)15)11(17-3)10(6-8)13(16)18-4/h5-7H,1-4H3,(H,14,15). The molecular weight excluding hydrogens is 236 g/mol. The van der Waals surface area contributed by atoms with E-state index in [-0.39, 0.29) is 22.8 Å². The van der Waals surface area contributed by atoms with Crippen molar-refractivity contribution < 1.29 is 24.2 Å². The largest absolute Gasteiger partial charge is 0.495 e. The van der Waals surface area contributed by atoms with Gasteiger partial charge in [-0.3, -0.25) is 0 Å². The van der Waals surface area contributed by atoms with Crippen molar-refractivity contribution in [3.8, 4) is 5.75 Å². The lowest BCUT2D eigenvalue weighted by atomic mass is 9.96. The molecular formula is C13H16O5. The van der Waals surface area contributed by atoms with Crippen LogP contribution in [0.15, 0.2) is 12.1 Å². The van der Waals surface area contributed by atoms with Gasteiger partial charge in [0, 0.05) is 0 Å². The molecule has 98 valence electrons. The molecule has 0 saturated heterocycles. The van der Waals surface area contributed by atoms with Gasteiger partial charge in [-0.1, -0.05) is 13.8 Å². The first-order chi connectivity index (χ1) is 8.42. The molecule has 0 aliphatic carbocycles. The van der Waals surface area contributed by atoms with Crippen LogP contribution < -0.4 is 4.74 Å². The van der Waals surface area contributed by atoms with Crippen LogP contribution in [0.1, 0.15) is 46.0 Å². The summed E-state index contributed by atoms with van der Waals surface area (Å²) >= 11 is 0. The fourth-order valence-corrected chi connectivity index (χ4v) is 1.62. The van der Waals surface area contributed by atoms with Gasteiger partial charge >= 0.3 is 11.9 Å². The lowest BCUT2D eigenvalue weighted by Gasteiger charge is -2.14. The van der Waals surface area contributed by atoms with E-state index in [1.807, 2.05) is 13.8 Å². The Balaban J connectivity index is 3.55. The molecule has 5 nitrogen and oxygen atoms in total. The SMILES string of the molecule is COC(=O)c1cc(C(C)C)cc(C(=O)O)c1OC. The highest BCUT2D eigenvalue weighted by atomic mass is 16.5. The van der Waals surface area contributed by atoms with Crippen LogP contribution in [0.25, 0.3) is 0 Å². The second-order valence-corrected chi connectivity index (χ2v) is 4.10. The summed E-state index contributed by atoms with van der Waals surface area (Å²) in [7, 11) is 2.56. The molecule has 0 aliphatic rings. The first-order valence-electron chi connectivity index (χ1n) is 5.45. The van der Waals surface area contributed by atoms with Gasteiger partial charge in [0.2, 0.25) is 0 Å². The van der Waals surface area contributed by atoms with Gasteiger partial charge in [-0.25, -0.2) is 9.59 Å². The zero-order valence-electron chi connectivity index (χ0n) is 10.8. The summed E-state index contributed by atoms with van der Waals surface area (Å²) in [5.74, 6) is -1.63. The number of rotatable bonds is 4. The van der Waals surface area contributed by atoms with E-state index in [4.69, 9.17) is 9.84 Å². The van der Waals surface area contributed by atoms with Crippen molar-refractivity contribution >= 4 is 11.9 Å². The van der Waals surface area contributed by atoms with Crippen LogP contribution >= 0.6 is 0 Å². The molecule has 0 bridgehead atoms. The van der Waals surface area contributed by atoms with Gasteiger partial charge in [-0.15, -0.1) is 0 Å². The van der Waals surface area contributed by atoms with E-state index in [0.29, 0.717) is 0 Å². The number of methoxy groups -OCH3 is 2. The quantitative estimate of drug-likeness (QED) is 0.832. The fourth-order valence-electron chi connectivity index (χ4n) is 1.62. The third kappa shape index (κ3) is 2.61. The molecule has 0 atom stereocenters. The third-order valence-electron chi connectivity index (χ3n) is 2.62. The van der Waals surface area contributed by atoms with Gasteiger partial charge in [0.1, 0.15) is 16.9 Å². The van der Waals surface area contributed by atoms with Crippen molar-refractivity contribution in [2.45, 2.75) is 19.8 Å². The van der Waals surface area contributed by atoms with Gasteiger partial charge in [-0.05, 0) is 23.6 Å². The van der Waals surface area contributed by atoms with Crippen LogP contribution in [0.5, 0.6) is 5.75 Å². The second-order valence-electron chi connectivity index (χ2n) is 4.10. The van der Waals surface area contributed by atoms with Crippen LogP contribution in [0.3, 0.4) is 0 Å². The smallest absolute Gasteiger partial charge is 0.341 e. The Morgan fingerprint density at radius 2 is 1.72 bits per heavy atom. The average Bonchev–Trinajstić information content (AvgIpc) is 2.35. The summed E-state index contributed by atoms with van der Waals surface area (Å²) in [6, 6.07) is 3.11. The summed E-state index contributed by atoms with van der Waals surface area (Å²) in [4.78, 5) is 22.8. The van der Waals surface area contributed by atoms with Crippen molar-refractivity contribution in [1.82, 2.24) is 0 Å². The topological polar surface area (TPSA) is 72.8 Å². The van der Waals surface area contributed by atoms with Crippen LogP contribution in [0.4, 0.5) is 0 Å². The zero-order chi connectivity index (χ0) is 13.9. The van der Waals surface area contributed by atoms with Crippen molar-refractivity contribution in [3.05, 3.63) is 28.8 Å². The number of ether oxygens (including phenoxy) is 2. The van der Waals surface area contributed by atoms with E-state index >= 15 is 0 Å². The maximum atomic E-state index is 11.6. The predicted molar refractivity (Wildman–Crippen MR) is 65.4 cm³/mol. The molecule has 1 aromatic carbocycles. The van der Waals surface area contributed by atoms with Crippen molar-refractivity contribution in [1.29, 1.82) is 0 Å². The van der Waals surface area contributed by atoms with Crippen molar-refractivity contribution in [2.75, 3.05) is 14.2 Å². The minimum Gasteiger partial charge on any atom is -0.495 e. The van der Waals surface area contributed by atoms with E-state index in [9.17, 15) is 9.59 Å². The van der Waals surface area contributed by atoms with Gasteiger partial charge in [0.15, 0.2) is 0 Å². The highest BCUT2D eigenvalue weighted by molar-refractivity contribution is 6.00. The molecule has 0 radical (unpaired) electrons. The Kier molecular flexibility index (Phi) is 4.31. The number of carbonyl (C=O) groups excluding carboxylic acids is 1. The van der Waals surface area contributed by atoms with Gasteiger partial charge in [-0.2, -0.15) is 0 Å². The monoisotopic (exact) mass is 252 g/mol. The maximum absolute atomic E-state index is 11.6. The van der Waals surface area contributed by atoms with E-state index in [1.165, 1.54) is 20.3 Å². The highest BCUT2D eigenvalue weighted by Gasteiger charge is 2.22. The number of hydrogen-bond acceptors (Lipinski definition) is 4. The molecule has 18 heavy (non-hydrogen) atoms. The zero-order valence-corrected chi connectivity index (χ0v) is 10.8. The predicted octanol–water partition coefficient (Wildman–Crippen LogP) is 2.30. The first kappa shape index (κ1) is 14.0. The first-order valence-corrected chi connectivity index (χ1v) is 5.45. The Labute approximate surface area is 105 Å². The summed E-state index contributed by atoms with van der Waals surface area (Å²) in [5.41, 5.74) is 0.835. The minimum atomic E-state index is -1.14. The van der Waals surface area contributed by atoms with Crippen LogP contribution in [0.2, 0.25) is 0 Å². The third-order valence-corrected chi connectivity index (χ3v) is 2.62. The number of benzene rings is 1. The Morgan fingerprint density at radius 3 is 2.11 bits per heavy atom. The van der Waals surface area contributed by atoms with Gasteiger partial charge < -0.3 is 14.6 Å². The summed E-state index contributed by atoms with van der Waals surface area (Å²) in [6.45, 7) is 3.82. The Bertz CT molecular complexity index is 477. The van der Waals surface area contributed by atoms with Crippen LogP contribution in [-0.2, 0) is 4.74 Å². The van der Waals surface area contributed by atoms with E-state index < -0.39 is 11.9 Å². The van der Waals surface area contributed by atoms with Gasteiger partial charge in [0.05, 0.1) is 14.2 Å². The lowest BCUT2D eigenvalue weighted by Crippen LogP contribution is -2.10. The molecule has 0 aliphatic heterocycles. The molecule has 1 aromatic rings. The number of hydrogen-bond donors (Lipinski definition) is 1. The van der Waals surface area contributed by atoms with Gasteiger partial charge in [0.25, 0.3) is 0 Å². The molecule has 1 N–H and O–H groups in total. The molecule has 0 aromatic heterocycles. The number of esters is 1. The average molecular weight is 252 g/mol. The van der Waals surface area contributed by atoms with Crippen molar-refractivity contribution in [3.63, 3.8) is 0 Å².